The van der Waals surface area contributed by atoms with Crippen LogP contribution in [-0.4, -0.2) is 77.9 Å². The largest absolute Gasteiger partial charge is 0.497 e. The summed E-state index contributed by atoms with van der Waals surface area (Å²) in [6.07, 6.45) is 10.6. The van der Waals surface area contributed by atoms with Crippen LogP contribution in [-0.2, 0) is 23.9 Å². The topological polar surface area (TPSA) is 106 Å². The number of methoxy groups -OCH3 is 1. The molecule has 2 amide bonds. The number of hydrogen-bond acceptors (Lipinski definition) is 7. The van der Waals surface area contributed by atoms with Gasteiger partial charge in [0.2, 0.25) is 5.91 Å². The Kier molecular flexibility index (Phi) is 7.81. The van der Waals surface area contributed by atoms with Crippen LogP contribution in [0, 0.1) is 17.8 Å². The number of hydrogen-bond donors (Lipinski definition) is 1. The predicted molar refractivity (Wildman–Crippen MR) is 149 cm³/mol. The lowest BCUT2D eigenvalue weighted by Crippen LogP contribution is -2.60. The van der Waals surface area contributed by atoms with E-state index >= 15 is 0 Å². The first kappa shape index (κ1) is 28.4. The predicted octanol–water partition coefficient (Wildman–Crippen LogP) is 3.26. The molecule has 1 N–H and O–H groups in total. The van der Waals surface area contributed by atoms with E-state index in [1.807, 2.05) is 38.2 Å². The molecule has 0 bridgehead atoms. The summed E-state index contributed by atoms with van der Waals surface area (Å²) in [5.41, 5.74) is -1.91. The van der Waals surface area contributed by atoms with E-state index in [0.717, 1.165) is 19.3 Å². The fourth-order valence-electron chi connectivity index (χ4n) is 6.90. The first-order valence-electron chi connectivity index (χ1n) is 14.3. The minimum atomic E-state index is -1.41. The van der Waals surface area contributed by atoms with Gasteiger partial charge < -0.3 is 29.1 Å². The van der Waals surface area contributed by atoms with Crippen molar-refractivity contribution in [2.24, 2.45) is 17.8 Å². The molecule has 0 radical (unpaired) electrons. The molecule has 216 valence electrons. The Labute approximate surface area is 235 Å². The normalized spacial score (nSPS) is 34.3. The van der Waals surface area contributed by atoms with Gasteiger partial charge in [0.15, 0.2) is 0 Å². The highest BCUT2D eigenvalue weighted by Gasteiger charge is 2.75. The second kappa shape index (κ2) is 11.0. The third kappa shape index (κ3) is 4.43. The van der Waals surface area contributed by atoms with Crippen LogP contribution in [0.2, 0.25) is 0 Å². The van der Waals surface area contributed by atoms with Crippen LogP contribution >= 0.6 is 0 Å². The van der Waals surface area contributed by atoms with Crippen LogP contribution in [0.4, 0.5) is 5.69 Å². The summed E-state index contributed by atoms with van der Waals surface area (Å²) in [5, 5.41) is 10.5. The summed E-state index contributed by atoms with van der Waals surface area (Å²) < 4.78 is 17.8. The lowest BCUT2D eigenvalue weighted by molar-refractivity contribution is -0.160. The number of ether oxygens (including phenoxy) is 3. The van der Waals surface area contributed by atoms with Crippen LogP contribution in [0.25, 0.3) is 0 Å². The molecule has 0 aliphatic carbocycles. The van der Waals surface area contributed by atoms with Gasteiger partial charge in [-0.25, -0.2) is 0 Å². The van der Waals surface area contributed by atoms with E-state index in [9.17, 15) is 19.5 Å². The standard InChI is InChI=1S/C31H40N2O7/c1-5-20(2)23(19-34)33-26-28(36)32(21-11-13-22(38-4)14-12-21)17-10-16-31(26)24(27(33)35)25-29(37)39-18-9-7-6-8-15-30(25,3)40-31/h8,10-16,20,23-26,34H,5-7,9,17-19H2,1-4H3/b15-8-/t20-,23-,24-,25-,26?,30+,31-/m0/s1. The minimum Gasteiger partial charge on any atom is -0.497 e. The number of benzene rings is 1. The highest BCUT2D eigenvalue weighted by molar-refractivity contribution is 6.05. The van der Waals surface area contributed by atoms with Crippen molar-refractivity contribution >= 4 is 23.5 Å². The van der Waals surface area contributed by atoms with E-state index in [2.05, 4.69) is 0 Å². The van der Waals surface area contributed by atoms with Crippen molar-refractivity contribution in [3.05, 3.63) is 48.6 Å². The molecule has 9 heteroatoms. The summed E-state index contributed by atoms with van der Waals surface area (Å²) in [4.78, 5) is 45.9. The average molecular weight is 553 g/mol. The van der Waals surface area contributed by atoms with Crippen LogP contribution in [0.5, 0.6) is 5.75 Å². The third-order valence-corrected chi connectivity index (χ3v) is 9.17. The van der Waals surface area contributed by atoms with Gasteiger partial charge in [-0.15, -0.1) is 0 Å². The molecule has 4 aliphatic rings. The number of aliphatic hydroxyl groups excluding tert-OH is 1. The van der Waals surface area contributed by atoms with Crippen molar-refractivity contribution in [1.29, 1.82) is 0 Å². The maximum atomic E-state index is 14.6. The highest BCUT2D eigenvalue weighted by Crippen LogP contribution is 2.58. The molecule has 2 saturated heterocycles. The Hall–Kier alpha value is -3.17. The smallest absolute Gasteiger partial charge is 0.313 e. The average Bonchev–Trinajstić information content (AvgIpc) is 3.28. The number of amides is 2. The van der Waals surface area contributed by atoms with E-state index in [-0.39, 0.29) is 37.5 Å². The molecule has 2 fully saturated rings. The number of fused-ring (bicyclic) bond motifs is 2. The van der Waals surface area contributed by atoms with Crippen molar-refractivity contribution in [2.75, 3.05) is 31.8 Å². The van der Waals surface area contributed by atoms with Crippen LogP contribution < -0.4 is 9.64 Å². The summed E-state index contributed by atoms with van der Waals surface area (Å²) in [6.45, 7) is 5.97. The van der Waals surface area contributed by atoms with Crippen LogP contribution in [0.1, 0.15) is 46.5 Å². The molecule has 5 rings (SSSR count). The molecule has 1 spiro atoms. The Bertz CT molecular complexity index is 1200. The molecule has 4 heterocycles. The number of likely N-dealkylation sites (tertiary alicyclic amines) is 1. The molecule has 1 aromatic rings. The SMILES string of the molecule is CC[C@H](C)[C@H](CO)N1C(=O)[C@@H]2[C@H]3C(=O)OCCCC/C=C\[C@@]3(C)O[C@@]23C=CCN(c2ccc(OC)cc2)C(=O)C13. The van der Waals surface area contributed by atoms with E-state index < -0.39 is 41.1 Å². The fraction of sp³-hybridized carbons (Fsp3) is 0.581. The Balaban J connectivity index is 1.67. The number of rotatable bonds is 6. The zero-order valence-corrected chi connectivity index (χ0v) is 23.7. The molecular weight excluding hydrogens is 512 g/mol. The summed E-state index contributed by atoms with van der Waals surface area (Å²) in [5.74, 6) is -2.54. The van der Waals surface area contributed by atoms with Crippen molar-refractivity contribution in [1.82, 2.24) is 4.90 Å². The molecule has 1 aromatic carbocycles. The molecule has 40 heavy (non-hydrogen) atoms. The molecule has 0 saturated carbocycles. The molecular formula is C31H40N2O7. The Morgan fingerprint density at radius 2 is 1.82 bits per heavy atom. The van der Waals surface area contributed by atoms with Gasteiger partial charge in [0, 0.05) is 12.2 Å². The quantitative estimate of drug-likeness (QED) is 0.427. The second-order valence-electron chi connectivity index (χ2n) is 11.5. The van der Waals surface area contributed by atoms with Crippen molar-refractivity contribution in [3.63, 3.8) is 0 Å². The molecule has 4 aliphatic heterocycles. The van der Waals surface area contributed by atoms with Crippen LogP contribution in [0.3, 0.4) is 0 Å². The van der Waals surface area contributed by atoms with Crippen molar-refractivity contribution in [2.45, 2.75) is 69.7 Å². The Morgan fingerprint density at radius 3 is 2.50 bits per heavy atom. The van der Waals surface area contributed by atoms with Gasteiger partial charge in [-0.3, -0.25) is 14.4 Å². The van der Waals surface area contributed by atoms with Crippen molar-refractivity contribution < 1.29 is 33.7 Å². The number of cyclic esters (lactones) is 1. The Morgan fingerprint density at radius 1 is 1.07 bits per heavy atom. The lowest BCUT2D eigenvalue weighted by Gasteiger charge is -2.41. The maximum absolute atomic E-state index is 14.6. The van der Waals surface area contributed by atoms with E-state index in [4.69, 9.17) is 14.2 Å². The van der Waals surface area contributed by atoms with Gasteiger partial charge in [0.1, 0.15) is 23.3 Å². The molecule has 9 nitrogen and oxygen atoms in total. The fourth-order valence-corrected chi connectivity index (χ4v) is 6.90. The number of aliphatic hydroxyl groups is 1. The number of allylic oxidation sites excluding steroid dienone is 1. The number of nitrogens with zero attached hydrogens (tertiary/aromatic N) is 2. The minimum absolute atomic E-state index is 0.0958. The zero-order chi connectivity index (χ0) is 28.7. The van der Waals surface area contributed by atoms with Crippen molar-refractivity contribution in [3.8, 4) is 5.75 Å². The van der Waals surface area contributed by atoms with E-state index in [0.29, 0.717) is 17.9 Å². The van der Waals surface area contributed by atoms with E-state index in [1.165, 1.54) is 4.90 Å². The van der Waals surface area contributed by atoms with E-state index in [1.54, 1.807) is 43.2 Å². The lowest BCUT2D eigenvalue weighted by atomic mass is 9.74. The monoisotopic (exact) mass is 552 g/mol. The summed E-state index contributed by atoms with van der Waals surface area (Å²) in [7, 11) is 1.58. The first-order chi connectivity index (χ1) is 19.2. The van der Waals surface area contributed by atoms with Gasteiger partial charge in [-0.05, 0) is 56.4 Å². The molecule has 7 atom stereocenters. The van der Waals surface area contributed by atoms with Gasteiger partial charge in [0.25, 0.3) is 5.91 Å². The molecule has 1 unspecified atom stereocenters. The molecule has 0 aromatic heterocycles. The second-order valence-corrected chi connectivity index (χ2v) is 11.5. The third-order valence-electron chi connectivity index (χ3n) is 9.17. The van der Waals surface area contributed by atoms with Gasteiger partial charge in [0.05, 0.1) is 37.9 Å². The number of esters is 1. The maximum Gasteiger partial charge on any atom is 0.313 e. The van der Waals surface area contributed by atoms with Gasteiger partial charge in [-0.2, -0.15) is 0 Å². The van der Waals surface area contributed by atoms with Gasteiger partial charge in [-0.1, -0.05) is 44.6 Å². The zero-order valence-electron chi connectivity index (χ0n) is 23.7. The number of carbonyl (C=O) groups excluding carboxylic acids is 3. The first-order valence-corrected chi connectivity index (χ1v) is 14.3. The number of anilines is 1. The van der Waals surface area contributed by atoms with Gasteiger partial charge >= 0.3 is 5.97 Å². The summed E-state index contributed by atoms with van der Waals surface area (Å²) in [6, 6.07) is 5.47. The van der Waals surface area contributed by atoms with Crippen LogP contribution in [0.15, 0.2) is 48.6 Å². The number of carbonyl (C=O) groups is 3. The highest BCUT2D eigenvalue weighted by atomic mass is 16.6. The summed E-state index contributed by atoms with van der Waals surface area (Å²) >= 11 is 0.